The van der Waals surface area contributed by atoms with E-state index in [9.17, 15) is 4.79 Å². The first-order valence-corrected chi connectivity index (χ1v) is 8.71. The average Bonchev–Trinajstić information content (AvgIpc) is 2.94. The van der Waals surface area contributed by atoms with Crippen LogP contribution in [0.4, 0.5) is 5.69 Å². The predicted molar refractivity (Wildman–Crippen MR) is 96.6 cm³/mol. The number of carbonyl (C=O) groups is 1. The van der Waals surface area contributed by atoms with Crippen LogP contribution in [0.25, 0.3) is 11.3 Å². The first-order chi connectivity index (χ1) is 11.6. The second-order valence-electron chi connectivity index (χ2n) is 6.78. The van der Waals surface area contributed by atoms with Crippen LogP contribution < -0.4 is 11.1 Å². The van der Waals surface area contributed by atoms with E-state index in [1.54, 1.807) is 0 Å². The lowest BCUT2D eigenvalue weighted by molar-refractivity contribution is -0.118. The lowest BCUT2D eigenvalue weighted by atomic mass is 9.84. The summed E-state index contributed by atoms with van der Waals surface area (Å²) in [6.07, 6.45) is 7.57. The maximum atomic E-state index is 12.4. The van der Waals surface area contributed by atoms with Gasteiger partial charge in [-0.05, 0) is 37.8 Å². The number of hydrogen-bond acceptors (Lipinski definition) is 3. The zero-order valence-electron chi connectivity index (χ0n) is 14.5. The highest BCUT2D eigenvalue weighted by Crippen LogP contribution is 2.27. The third-order valence-corrected chi connectivity index (χ3v) is 5.01. The van der Waals surface area contributed by atoms with Crippen LogP contribution in [0.1, 0.15) is 37.8 Å². The molecule has 0 saturated heterocycles. The molecule has 5 heteroatoms. The molecule has 0 radical (unpaired) electrons. The molecule has 1 aromatic carbocycles. The van der Waals surface area contributed by atoms with Crippen molar-refractivity contribution in [1.82, 2.24) is 9.55 Å². The van der Waals surface area contributed by atoms with Crippen molar-refractivity contribution >= 4 is 11.6 Å². The Kier molecular flexibility index (Phi) is 5.00. The van der Waals surface area contributed by atoms with Crippen molar-refractivity contribution in [1.29, 1.82) is 0 Å². The minimum absolute atomic E-state index is 0.0774. The summed E-state index contributed by atoms with van der Waals surface area (Å²) in [5.41, 5.74) is 10.1. The summed E-state index contributed by atoms with van der Waals surface area (Å²) in [7, 11) is 1.98. The van der Waals surface area contributed by atoms with Gasteiger partial charge in [-0.15, -0.1) is 0 Å². The Morgan fingerprint density at radius 2 is 1.92 bits per heavy atom. The van der Waals surface area contributed by atoms with Crippen LogP contribution in [0, 0.1) is 12.8 Å². The highest BCUT2D eigenvalue weighted by Gasteiger charge is 2.26. The van der Waals surface area contributed by atoms with E-state index in [1.165, 1.54) is 19.3 Å². The number of carbonyl (C=O) groups excluding carboxylic acids is 1. The zero-order chi connectivity index (χ0) is 17.1. The summed E-state index contributed by atoms with van der Waals surface area (Å²) in [4.78, 5) is 16.7. The number of benzene rings is 1. The zero-order valence-corrected chi connectivity index (χ0v) is 14.5. The Balaban J connectivity index is 1.66. The quantitative estimate of drug-likeness (QED) is 0.906. The number of anilines is 1. The number of hydrogen-bond donors (Lipinski definition) is 2. The lowest BCUT2D eigenvalue weighted by Gasteiger charge is -2.26. The molecule has 0 spiro atoms. The summed E-state index contributed by atoms with van der Waals surface area (Å²) < 4.78 is 2.00. The molecule has 1 unspecified atom stereocenters. The molecule has 2 aromatic rings. The topological polar surface area (TPSA) is 72.9 Å². The van der Waals surface area contributed by atoms with Crippen molar-refractivity contribution in [3.63, 3.8) is 0 Å². The Morgan fingerprint density at radius 3 is 2.50 bits per heavy atom. The summed E-state index contributed by atoms with van der Waals surface area (Å²) in [6.45, 7) is 1.99. The van der Waals surface area contributed by atoms with Crippen molar-refractivity contribution in [3.8, 4) is 11.3 Å². The Morgan fingerprint density at radius 1 is 1.25 bits per heavy atom. The fraction of sp³-hybridized carbons (Fsp3) is 0.474. The number of amides is 1. The van der Waals surface area contributed by atoms with Gasteiger partial charge in [-0.1, -0.05) is 31.4 Å². The number of rotatable bonds is 4. The molecular formula is C19H26N4O. The normalized spacial score (nSPS) is 16.8. The van der Waals surface area contributed by atoms with Gasteiger partial charge in [0.15, 0.2) is 0 Å². The summed E-state index contributed by atoms with van der Waals surface area (Å²) in [6, 6.07) is 7.45. The van der Waals surface area contributed by atoms with E-state index in [2.05, 4.69) is 10.3 Å². The van der Waals surface area contributed by atoms with Gasteiger partial charge in [-0.25, -0.2) is 4.98 Å². The molecule has 1 saturated carbocycles. The monoisotopic (exact) mass is 326 g/mol. The van der Waals surface area contributed by atoms with Gasteiger partial charge in [0.05, 0.1) is 23.8 Å². The van der Waals surface area contributed by atoms with E-state index in [-0.39, 0.29) is 5.91 Å². The van der Waals surface area contributed by atoms with Crippen LogP contribution in [0.2, 0.25) is 0 Å². The number of aromatic nitrogens is 2. The fourth-order valence-electron chi connectivity index (χ4n) is 3.60. The Labute approximate surface area is 143 Å². The number of nitrogens with two attached hydrogens (primary N) is 1. The molecule has 128 valence electrons. The molecule has 1 atom stereocenters. The number of nitrogens with one attached hydrogen (secondary N) is 1. The standard InChI is InChI=1S/C19H26N4O/c1-13-18(23(2)12-21-13)15-8-10-16(11-9-15)22-19(24)17(20)14-6-4-3-5-7-14/h8-12,14,17H,3-7,20H2,1-2H3,(H,22,24). The molecule has 1 aliphatic carbocycles. The van der Waals surface area contributed by atoms with Gasteiger partial charge in [-0.2, -0.15) is 0 Å². The second kappa shape index (κ2) is 7.18. The minimum Gasteiger partial charge on any atom is -0.334 e. The molecule has 0 bridgehead atoms. The molecule has 3 rings (SSSR count). The largest absolute Gasteiger partial charge is 0.334 e. The van der Waals surface area contributed by atoms with Crippen LogP contribution in [0.5, 0.6) is 0 Å². The third kappa shape index (κ3) is 3.51. The van der Waals surface area contributed by atoms with Crippen LogP contribution >= 0.6 is 0 Å². The fourth-order valence-corrected chi connectivity index (χ4v) is 3.60. The Hall–Kier alpha value is -2.14. The van der Waals surface area contributed by atoms with Crippen LogP contribution in [0.3, 0.4) is 0 Å². The van der Waals surface area contributed by atoms with Gasteiger partial charge in [0, 0.05) is 18.3 Å². The molecule has 24 heavy (non-hydrogen) atoms. The van der Waals surface area contributed by atoms with E-state index in [0.29, 0.717) is 5.92 Å². The van der Waals surface area contributed by atoms with E-state index in [0.717, 1.165) is 35.5 Å². The average molecular weight is 326 g/mol. The first-order valence-electron chi connectivity index (χ1n) is 8.71. The molecule has 5 nitrogen and oxygen atoms in total. The summed E-state index contributed by atoms with van der Waals surface area (Å²) in [5, 5.41) is 2.95. The van der Waals surface area contributed by atoms with Crippen LogP contribution in [-0.2, 0) is 11.8 Å². The van der Waals surface area contributed by atoms with Crippen LogP contribution in [0.15, 0.2) is 30.6 Å². The van der Waals surface area contributed by atoms with Gasteiger partial charge < -0.3 is 15.6 Å². The van der Waals surface area contributed by atoms with E-state index in [1.807, 2.05) is 49.1 Å². The Bertz CT molecular complexity index is 679. The van der Waals surface area contributed by atoms with Crippen molar-refractivity contribution in [2.45, 2.75) is 45.1 Å². The summed E-state index contributed by atoms with van der Waals surface area (Å²) >= 11 is 0. The van der Waals surface area contributed by atoms with Gasteiger partial charge in [0.2, 0.25) is 5.91 Å². The van der Waals surface area contributed by atoms with Gasteiger partial charge in [-0.3, -0.25) is 4.79 Å². The van der Waals surface area contributed by atoms with Crippen molar-refractivity contribution in [2.24, 2.45) is 18.7 Å². The number of imidazole rings is 1. The molecule has 0 aliphatic heterocycles. The molecule has 1 fully saturated rings. The molecule has 1 heterocycles. The van der Waals surface area contributed by atoms with Crippen molar-refractivity contribution in [2.75, 3.05) is 5.32 Å². The van der Waals surface area contributed by atoms with E-state index < -0.39 is 6.04 Å². The minimum atomic E-state index is -0.413. The molecule has 3 N–H and O–H groups in total. The van der Waals surface area contributed by atoms with Gasteiger partial charge in [0.1, 0.15) is 0 Å². The van der Waals surface area contributed by atoms with Crippen LogP contribution in [-0.4, -0.2) is 21.5 Å². The second-order valence-corrected chi connectivity index (χ2v) is 6.78. The van der Waals surface area contributed by atoms with Gasteiger partial charge >= 0.3 is 0 Å². The van der Waals surface area contributed by atoms with Gasteiger partial charge in [0.25, 0.3) is 0 Å². The lowest BCUT2D eigenvalue weighted by Crippen LogP contribution is -2.42. The third-order valence-electron chi connectivity index (χ3n) is 5.01. The molecule has 1 aromatic heterocycles. The summed E-state index contributed by atoms with van der Waals surface area (Å²) in [5.74, 6) is 0.237. The highest BCUT2D eigenvalue weighted by atomic mass is 16.2. The first kappa shape index (κ1) is 16.7. The number of aryl methyl sites for hydroxylation is 2. The highest BCUT2D eigenvalue weighted by molar-refractivity contribution is 5.95. The number of nitrogens with zero attached hydrogens (tertiary/aromatic N) is 2. The van der Waals surface area contributed by atoms with Crippen molar-refractivity contribution < 1.29 is 4.79 Å². The maximum Gasteiger partial charge on any atom is 0.241 e. The molecular weight excluding hydrogens is 300 g/mol. The van der Waals surface area contributed by atoms with E-state index in [4.69, 9.17) is 5.73 Å². The molecule has 1 aliphatic rings. The smallest absolute Gasteiger partial charge is 0.241 e. The van der Waals surface area contributed by atoms with Crippen molar-refractivity contribution in [3.05, 3.63) is 36.3 Å². The SMILES string of the molecule is Cc1ncn(C)c1-c1ccc(NC(=O)C(N)C2CCCCC2)cc1. The molecule has 1 amide bonds. The maximum absolute atomic E-state index is 12.4. The van der Waals surface area contributed by atoms with E-state index >= 15 is 0 Å². The predicted octanol–water partition coefficient (Wildman–Crippen LogP) is 3.24.